The van der Waals surface area contributed by atoms with Gasteiger partial charge >= 0.3 is 0 Å². The summed E-state index contributed by atoms with van der Waals surface area (Å²) in [5, 5.41) is 5.22. The van der Waals surface area contributed by atoms with E-state index >= 15 is 0 Å². The van der Waals surface area contributed by atoms with Gasteiger partial charge in [-0.05, 0) is 17.7 Å². The molecule has 5 nitrogen and oxygen atoms in total. The summed E-state index contributed by atoms with van der Waals surface area (Å²) in [4.78, 5) is 24.2. The van der Waals surface area contributed by atoms with Gasteiger partial charge in [0.25, 0.3) is 12.1 Å². The fourth-order valence-electron chi connectivity index (χ4n) is 1.89. The van der Waals surface area contributed by atoms with E-state index in [-0.39, 0.29) is 5.91 Å². The number of hydrogen-bond donors (Lipinski definition) is 3. The van der Waals surface area contributed by atoms with Crippen LogP contribution in [-0.2, 0) is 16.1 Å². The highest BCUT2D eigenvalue weighted by atomic mass is 32.1. The minimum absolute atomic E-state index is 0.349. The molecule has 0 bridgehead atoms. The molecular weight excluding hydrogens is 312 g/mol. The molecule has 2 rings (SSSR count). The molecule has 6 heteroatoms. The lowest BCUT2D eigenvalue weighted by atomic mass is 10.2. The topological polar surface area (TPSA) is 67.4 Å². The number of thiol groups is 1. The molecule has 0 radical (unpaired) electrons. The van der Waals surface area contributed by atoms with Crippen molar-refractivity contribution in [1.29, 1.82) is 0 Å². The van der Waals surface area contributed by atoms with E-state index in [2.05, 4.69) is 23.3 Å². The smallest absolute Gasteiger partial charge is 0.282 e. The Kier molecular flexibility index (Phi) is 6.05. The summed E-state index contributed by atoms with van der Waals surface area (Å²) >= 11 is 4.27. The predicted molar refractivity (Wildman–Crippen MR) is 90.2 cm³/mol. The number of benzene rings is 2. The highest BCUT2D eigenvalue weighted by Gasteiger charge is 2.21. The van der Waals surface area contributed by atoms with Crippen LogP contribution in [0.25, 0.3) is 0 Å². The monoisotopic (exact) mass is 330 g/mol. The molecule has 1 atom stereocenters. The molecule has 0 aliphatic rings. The Hall–Kier alpha value is -2.47. The fraction of sp³-hybridized carbons (Fsp3) is 0.176. The lowest BCUT2D eigenvalue weighted by Gasteiger charge is -2.20. The van der Waals surface area contributed by atoms with Crippen LogP contribution in [0, 0.1) is 0 Å². The Morgan fingerprint density at radius 3 is 2.39 bits per heavy atom. The third-order valence-electron chi connectivity index (χ3n) is 2.99. The number of rotatable bonds is 6. The molecule has 0 saturated heterocycles. The third-order valence-corrected chi connectivity index (χ3v) is 3.36. The molecule has 0 aliphatic heterocycles. The quantitative estimate of drug-likeness (QED) is 0.561. The zero-order valence-electron chi connectivity index (χ0n) is 12.7. The Morgan fingerprint density at radius 2 is 1.74 bits per heavy atom. The van der Waals surface area contributed by atoms with Crippen LogP contribution in [0.3, 0.4) is 0 Å². The molecule has 2 aromatic carbocycles. The molecule has 2 amide bonds. The lowest BCUT2D eigenvalue weighted by molar-refractivity contribution is -0.134. The molecule has 0 saturated carbocycles. The van der Waals surface area contributed by atoms with E-state index in [4.69, 9.17) is 4.74 Å². The third kappa shape index (κ3) is 5.34. The average molecular weight is 330 g/mol. The summed E-state index contributed by atoms with van der Waals surface area (Å²) in [6.45, 7) is 1.68. The van der Waals surface area contributed by atoms with Crippen molar-refractivity contribution in [3.8, 4) is 5.75 Å². The minimum atomic E-state index is -1.12. The SMILES string of the molecule is CC(=O)N[C@@H](Oc1ccccc1S)C(=O)NCc1ccccc1. The van der Waals surface area contributed by atoms with E-state index < -0.39 is 12.1 Å². The van der Waals surface area contributed by atoms with Gasteiger partial charge in [-0.15, -0.1) is 12.6 Å². The van der Waals surface area contributed by atoms with Gasteiger partial charge in [0.2, 0.25) is 5.91 Å². The van der Waals surface area contributed by atoms with Gasteiger partial charge < -0.3 is 15.4 Å². The first-order valence-corrected chi connectivity index (χ1v) is 7.54. The summed E-state index contributed by atoms with van der Waals surface area (Å²) in [7, 11) is 0. The molecule has 120 valence electrons. The largest absolute Gasteiger partial charge is 0.460 e. The van der Waals surface area contributed by atoms with Gasteiger partial charge in [0, 0.05) is 18.4 Å². The van der Waals surface area contributed by atoms with E-state index in [0.717, 1.165) is 5.56 Å². The van der Waals surface area contributed by atoms with E-state index in [1.807, 2.05) is 30.3 Å². The van der Waals surface area contributed by atoms with Crippen molar-refractivity contribution in [3.05, 3.63) is 60.2 Å². The molecule has 0 heterocycles. The van der Waals surface area contributed by atoms with Gasteiger partial charge in [-0.25, -0.2) is 0 Å². The standard InChI is InChI=1S/C17H18N2O3S/c1-12(20)19-17(22-14-9-5-6-10-15(14)23)16(21)18-11-13-7-3-2-4-8-13/h2-10,17,23H,11H2,1H3,(H,18,21)(H,19,20)/t17-/m0/s1. The van der Waals surface area contributed by atoms with E-state index in [9.17, 15) is 9.59 Å². The van der Waals surface area contributed by atoms with Gasteiger partial charge in [0.05, 0.1) is 0 Å². The first-order valence-electron chi connectivity index (χ1n) is 7.09. The summed E-state index contributed by atoms with van der Waals surface area (Å²) in [6.07, 6.45) is -1.12. The molecule has 0 spiro atoms. The maximum absolute atomic E-state index is 12.3. The van der Waals surface area contributed by atoms with Crippen LogP contribution in [0.2, 0.25) is 0 Å². The van der Waals surface area contributed by atoms with Crippen molar-refractivity contribution < 1.29 is 14.3 Å². The van der Waals surface area contributed by atoms with Gasteiger partial charge in [0.15, 0.2) is 0 Å². The number of ether oxygens (including phenoxy) is 1. The van der Waals surface area contributed by atoms with Crippen LogP contribution in [0.4, 0.5) is 0 Å². The first kappa shape index (κ1) is 16.9. The van der Waals surface area contributed by atoms with Crippen molar-refractivity contribution in [1.82, 2.24) is 10.6 Å². The first-order chi connectivity index (χ1) is 11.1. The highest BCUT2D eigenvalue weighted by Crippen LogP contribution is 2.22. The molecular formula is C17H18N2O3S. The minimum Gasteiger partial charge on any atom is -0.460 e. The van der Waals surface area contributed by atoms with Crippen molar-refractivity contribution in [2.24, 2.45) is 0 Å². The van der Waals surface area contributed by atoms with Crippen LogP contribution >= 0.6 is 12.6 Å². The van der Waals surface area contributed by atoms with Crippen molar-refractivity contribution in [2.75, 3.05) is 0 Å². The fourth-order valence-corrected chi connectivity index (χ4v) is 2.11. The second kappa shape index (κ2) is 8.24. The van der Waals surface area contributed by atoms with Crippen LogP contribution in [0.15, 0.2) is 59.5 Å². The second-order valence-electron chi connectivity index (χ2n) is 4.87. The predicted octanol–water partition coefficient (Wildman–Crippen LogP) is 2.13. The normalized spacial score (nSPS) is 11.4. The second-order valence-corrected chi connectivity index (χ2v) is 5.35. The van der Waals surface area contributed by atoms with E-state index in [1.165, 1.54) is 6.92 Å². The van der Waals surface area contributed by atoms with Crippen molar-refractivity contribution >= 4 is 24.4 Å². The zero-order chi connectivity index (χ0) is 16.7. The molecule has 0 aliphatic carbocycles. The molecule has 0 aromatic heterocycles. The molecule has 23 heavy (non-hydrogen) atoms. The molecule has 0 fully saturated rings. The summed E-state index contributed by atoms with van der Waals surface area (Å²) in [5.74, 6) is -0.369. The number of carbonyl (C=O) groups excluding carboxylic acids is 2. The van der Waals surface area contributed by atoms with Gasteiger partial charge in [-0.3, -0.25) is 9.59 Å². The Labute approximate surface area is 140 Å². The maximum atomic E-state index is 12.3. The number of carbonyl (C=O) groups is 2. The highest BCUT2D eigenvalue weighted by molar-refractivity contribution is 7.80. The summed E-state index contributed by atoms with van der Waals surface area (Å²) in [5.41, 5.74) is 0.956. The molecule has 2 aromatic rings. The Balaban J connectivity index is 2.03. The summed E-state index contributed by atoms with van der Waals surface area (Å²) in [6, 6.07) is 16.5. The summed E-state index contributed by atoms with van der Waals surface area (Å²) < 4.78 is 5.59. The Bertz CT molecular complexity index is 677. The van der Waals surface area contributed by atoms with Crippen LogP contribution in [0.1, 0.15) is 12.5 Å². The zero-order valence-corrected chi connectivity index (χ0v) is 13.5. The maximum Gasteiger partial charge on any atom is 0.282 e. The lowest BCUT2D eigenvalue weighted by Crippen LogP contribution is -2.49. The van der Waals surface area contributed by atoms with E-state index in [1.54, 1.807) is 24.3 Å². The van der Waals surface area contributed by atoms with Crippen LogP contribution in [0.5, 0.6) is 5.75 Å². The molecule has 0 unspecified atom stereocenters. The van der Waals surface area contributed by atoms with Crippen molar-refractivity contribution in [3.63, 3.8) is 0 Å². The average Bonchev–Trinajstić information content (AvgIpc) is 2.54. The van der Waals surface area contributed by atoms with Crippen molar-refractivity contribution in [2.45, 2.75) is 24.6 Å². The van der Waals surface area contributed by atoms with Gasteiger partial charge in [0.1, 0.15) is 5.75 Å². The van der Waals surface area contributed by atoms with E-state index in [0.29, 0.717) is 17.2 Å². The number of amides is 2. The number of para-hydroxylation sites is 1. The van der Waals surface area contributed by atoms with Gasteiger partial charge in [-0.1, -0.05) is 42.5 Å². The van der Waals surface area contributed by atoms with Crippen LogP contribution < -0.4 is 15.4 Å². The molecule has 2 N–H and O–H groups in total. The number of hydrogen-bond acceptors (Lipinski definition) is 4. The number of nitrogens with one attached hydrogen (secondary N) is 2. The van der Waals surface area contributed by atoms with Crippen LogP contribution in [-0.4, -0.2) is 18.0 Å². The Morgan fingerprint density at radius 1 is 1.09 bits per heavy atom. The van der Waals surface area contributed by atoms with Gasteiger partial charge in [-0.2, -0.15) is 0 Å².